The van der Waals surface area contributed by atoms with Crippen LogP contribution in [0.4, 0.5) is 0 Å². The van der Waals surface area contributed by atoms with E-state index in [0.717, 1.165) is 36.8 Å². The molecule has 37 heavy (non-hydrogen) atoms. The molecule has 0 bridgehead atoms. The molecule has 1 fully saturated rings. The second kappa shape index (κ2) is 13.2. The van der Waals surface area contributed by atoms with Gasteiger partial charge in [0.25, 0.3) is 5.91 Å². The lowest BCUT2D eigenvalue weighted by atomic mass is 10.0. The van der Waals surface area contributed by atoms with Gasteiger partial charge in [-0.1, -0.05) is 66.9 Å². The van der Waals surface area contributed by atoms with Crippen molar-refractivity contribution in [1.82, 2.24) is 10.2 Å². The first kappa shape index (κ1) is 26.6. The van der Waals surface area contributed by atoms with Crippen molar-refractivity contribution in [3.8, 4) is 11.5 Å². The topological polar surface area (TPSA) is 67.9 Å². The van der Waals surface area contributed by atoms with Crippen LogP contribution in [-0.4, -0.2) is 42.5 Å². The summed E-state index contributed by atoms with van der Waals surface area (Å²) < 4.78 is 11.0. The van der Waals surface area contributed by atoms with Gasteiger partial charge in [-0.2, -0.15) is 0 Å². The minimum atomic E-state index is -0.700. The lowest BCUT2D eigenvalue weighted by Gasteiger charge is -2.32. The molecule has 3 aromatic carbocycles. The summed E-state index contributed by atoms with van der Waals surface area (Å²) in [5.74, 6) is 0.827. The molecule has 1 unspecified atom stereocenters. The van der Waals surface area contributed by atoms with Gasteiger partial charge >= 0.3 is 0 Å². The maximum Gasteiger partial charge on any atom is 0.261 e. The smallest absolute Gasteiger partial charge is 0.261 e. The molecule has 0 saturated heterocycles. The van der Waals surface area contributed by atoms with Crippen LogP contribution in [-0.2, 0) is 22.6 Å². The molecule has 194 valence electrons. The van der Waals surface area contributed by atoms with Crippen molar-refractivity contribution >= 4 is 23.4 Å². The highest BCUT2D eigenvalue weighted by atomic mass is 35.5. The predicted molar refractivity (Wildman–Crippen MR) is 145 cm³/mol. The summed E-state index contributed by atoms with van der Waals surface area (Å²) in [6.45, 7) is 0.0375. The van der Waals surface area contributed by atoms with Crippen LogP contribution in [0.2, 0.25) is 5.02 Å². The van der Waals surface area contributed by atoms with Crippen molar-refractivity contribution in [3.63, 3.8) is 0 Å². The van der Waals surface area contributed by atoms with Crippen molar-refractivity contribution in [1.29, 1.82) is 0 Å². The van der Waals surface area contributed by atoms with Crippen molar-refractivity contribution < 1.29 is 19.1 Å². The van der Waals surface area contributed by atoms with Crippen molar-refractivity contribution in [2.75, 3.05) is 13.7 Å². The van der Waals surface area contributed by atoms with Crippen LogP contribution < -0.4 is 14.8 Å². The Morgan fingerprint density at radius 1 is 0.946 bits per heavy atom. The number of ether oxygens (including phenoxy) is 2. The summed E-state index contributed by atoms with van der Waals surface area (Å²) in [7, 11) is 1.59. The first-order valence-corrected chi connectivity index (χ1v) is 13.0. The summed E-state index contributed by atoms with van der Waals surface area (Å²) >= 11 is 6.24. The number of methoxy groups -OCH3 is 1. The van der Waals surface area contributed by atoms with Gasteiger partial charge in [0.15, 0.2) is 6.61 Å². The fourth-order valence-corrected chi connectivity index (χ4v) is 4.87. The minimum Gasteiger partial charge on any atom is -0.497 e. The number of hydrogen-bond acceptors (Lipinski definition) is 4. The first-order chi connectivity index (χ1) is 18.0. The Kier molecular flexibility index (Phi) is 9.44. The van der Waals surface area contributed by atoms with Gasteiger partial charge in [0.1, 0.15) is 17.5 Å². The molecule has 0 radical (unpaired) electrons. The molecule has 0 spiro atoms. The monoisotopic (exact) mass is 520 g/mol. The van der Waals surface area contributed by atoms with Crippen LogP contribution >= 0.6 is 11.6 Å². The van der Waals surface area contributed by atoms with E-state index < -0.39 is 6.04 Å². The summed E-state index contributed by atoms with van der Waals surface area (Å²) in [6.07, 6.45) is 4.54. The Hall–Kier alpha value is -3.51. The maximum atomic E-state index is 13.7. The first-order valence-electron chi connectivity index (χ1n) is 12.7. The van der Waals surface area contributed by atoms with Crippen molar-refractivity contribution in [2.45, 2.75) is 50.7 Å². The summed E-state index contributed by atoms with van der Waals surface area (Å²) in [5, 5.41) is 3.78. The number of benzene rings is 3. The quantitative estimate of drug-likeness (QED) is 0.366. The molecule has 0 heterocycles. The summed E-state index contributed by atoms with van der Waals surface area (Å²) in [4.78, 5) is 28.9. The second-order valence-electron chi connectivity index (χ2n) is 9.31. The molecule has 1 saturated carbocycles. The zero-order chi connectivity index (χ0) is 26.0. The van der Waals surface area contributed by atoms with Gasteiger partial charge in [0.05, 0.1) is 7.11 Å². The van der Waals surface area contributed by atoms with E-state index in [1.165, 1.54) is 0 Å². The van der Waals surface area contributed by atoms with E-state index in [1.807, 2.05) is 48.5 Å². The number of carbonyl (C=O) groups excluding carboxylic acids is 2. The largest absolute Gasteiger partial charge is 0.497 e. The maximum absolute atomic E-state index is 13.7. The fourth-order valence-electron chi connectivity index (χ4n) is 4.65. The number of hydrogen-bond donors (Lipinski definition) is 1. The zero-order valence-corrected chi connectivity index (χ0v) is 21.8. The highest BCUT2D eigenvalue weighted by Gasteiger charge is 2.32. The molecular formula is C30H33ClN2O4. The molecule has 3 aromatic rings. The third-order valence-electron chi connectivity index (χ3n) is 6.64. The van der Waals surface area contributed by atoms with E-state index in [4.69, 9.17) is 21.1 Å². The Balaban J connectivity index is 1.59. The van der Waals surface area contributed by atoms with Crippen LogP contribution in [0, 0.1) is 0 Å². The number of halogens is 1. The summed E-state index contributed by atoms with van der Waals surface area (Å²) in [5.41, 5.74) is 1.83. The Morgan fingerprint density at radius 3 is 2.30 bits per heavy atom. The fraction of sp³-hybridized carbons (Fsp3) is 0.333. The normalized spacial score (nSPS) is 14.1. The van der Waals surface area contributed by atoms with Crippen LogP contribution in [0.15, 0.2) is 78.9 Å². The zero-order valence-electron chi connectivity index (χ0n) is 21.1. The van der Waals surface area contributed by atoms with Crippen molar-refractivity contribution in [2.24, 2.45) is 0 Å². The number of nitrogens with zero attached hydrogens (tertiary/aromatic N) is 1. The van der Waals surface area contributed by atoms with Crippen LogP contribution in [0.5, 0.6) is 11.5 Å². The number of amides is 2. The van der Waals surface area contributed by atoms with Gasteiger partial charge in [-0.05, 0) is 60.4 Å². The second-order valence-corrected chi connectivity index (χ2v) is 9.75. The van der Waals surface area contributed by atoms with E-state index >= 15 is 0 Å². The van der Waals surface area contributed by atoms with Gasteiger partial charge in [0.2, 0.25) is 5.91 Å². The van der Waals surface area contributed by atoms with Crippen LogP contribution in [0.1, 0.15) is 36.8 Å². The van der Waals surface area contributed by atoms with Crippen LogP contribution in [0.25, 0.3) is 0 Å². The molecule has 1 aliphatic carbocycles. The van der Waals surface area contributed by atoms with Gasteiger partial charge in [-0.25, -0.2) is 0 Å². The Labute approximate surface area is 223 Å². The highest BCUT2D eigenvalue weighted by Crippen LogP contribution is 2.22. The molecule has 0 aliphatic heterocycles. The number of carbonyl (C=O) groups is 2. The van der Waals surface area contributed by atoms with E-state index in [-0.39, 0.29) is 31.0 Å². The molecule has 1 N–H and O–H groups in total. The van der Waals surface area contributed by atoms with Crippen molar-refractivity contribution in [3.05, 3.63) is 95.0 Å². The number of rotatable bonds is 11. The third-order valence-corrected chi connectivity index (χ3v) is 6.87. The van der Waals surface area contributed by atoms with E-state index in [9.17, 15) is 9.59 Å². The lowest BCUT2D eigenvalue weighted by molar-refractivity contribution is -0.143. The predicted octanol–water partition coefficient (Wildman–Crippen LogP) is 5.43. The molecule has 6 nitrogen and oxygen atoms in total. The van der Waals surface area contributed by atoms with E-state index in [1.54, 1.807) is 42.3 Å². The Morgan fingerprint density at radius 2 is 1.62 bits per heavy atom. The van der Waals surface area contributed by atoms with Crippen LogP contribution in [0.3, 0.4) is 0 Å². The SMILES string of the molecule is COc1ccc(OCC(=O)N(Cc2cccc(Cl)c2)C(Cc2ccccc2)C(=O)NC2CCCC2)cc1. The molecule has 1 atom stereocenters. The average molecular weight is 521 g/mol. The summed E-state index contributed by atoms with van der Waals surface area (Å²) in [6, 6.07) is 23.6. The molecule has 0 aromatic heterocycles. The molecular weight excluding hydrogens is 488 g/mol. The lowest BCUT2D eigenvalue weighted by Crippen LogP contribution is -2.53. The average Bonchev–Trinajstić information content (AvgIpc) is 3.43. The van der Waals surface area contributed by atoms with E-state index in [0.29, 0.717) is 22.9 Å². The minimum absolute atomic E-state index is 0.143. The highest BCUT2D eigenvalue weighted by molar-refractivity contribution is 6.30. The van der Waals surface area contributed by atoms with Gasteiger partial charge in [0, 0.05) is 24.0 Å². The Bertz CT molecular complexity index is 1160. The molecule has 2 amide bonds. The van der Waals surface area contributed by atoms with Gasteiger partial charge in [-0.3, -0.25) is 9.59 Å². The standard InChI is InChI=1S/C30H33ClN2O4/c1-36-26-14-16-27(17-15-26)37-21-29(34)33(20-23-10-7-11-24(31)18-23)28(19-22-8-3-2-4-9-22)30(35)32-25-12-5-6-13-25/h2-4,7-11,14-18,25,28H,5-6,12-13,19-21H2,1H3,(H,32,35). The van der Waals surface area contributed by atoms with Gasteiger partial charge < -0.3 is 19.7 Å². The third kappa shape index (κ3) is 7.73. The van der Waals surface area contributed by atoms with Gasteiger partial charge in [-0.15, -0.1) is 0 Å². The molecule has 7 heteroatoms. The van der Waals surface area contributed by atoms with E-state index in [2.05, 4.69) is 5.32 Å². The number of nitrogens with one attached hydrogen (secondary N) is 1. The molecule has 4 rings (SSSR count). The molecule has 1 aliphatic rings.